The average Bonchev–Trinajstić information content (AvgIpc) is 3.17. The summed E-state index contributed by atoms with van der Waals surface area (Å²) < 4.78 is 27.3. The Labute approximate surface area is 195 Å². The van der Waals surface area contributed by atoms with Gasteiger partial charge in [0.2, 0.25) is 0 Å². The first-order chi connectivity index (χ1) is 16.2. The van der Waals surface area contributed by atoms with Gasteiger partial charge in [-0.15, -0.1) is 0 Å². The zero-order valence-corrected chi connectivity index (χ0v) is 19.2. The Morgan fingerprint density at radius 3 is 2.59 bits per heavy atom. The standard InChI is InChI=1S/C23H26N2O9/c1-23(21(30-2)31-3)20(26)19(15-12-14(25(28)29)9-10-17(15)34-23)24-16-8-6-5-7-13(16)11-18(24)33-22(27)32-4/h5-10,12,18-21,26H,11H2,1-4H3/t18-,19+,20-,23-/m0/s1. The van der Waals surface area contributed by atoms with E-state index < -0.39 is 41.3 Å². The van der Waals surface area contributed by atoms with Crippen LogP contribution in [0.2, 0.25) is 0 Å². The number of aliphatic hydroxyl groups is 1. The van der Waals surface area contributed by atoms with Gasteiger partial charge in [0.15, 0.2) is 18.1 Å². The van der Waals surface area contributed by atoms with Gasteiger partial charge in [0.1, 0.15) is 11.9 Å². The minimum absolute atomic E-state index is 0.170. The summed E-state index contributed by atoms with van der Waals surface area (Å²) >= 11 is 0. The molecule has 0 spiro atoms. The molecule has 1 N–H and O–H groups in total. The molecule has 4 rings (SSSR count). The third kappa shape index (κ3) is 3.81. The molecule has 2 aromatic rings. The van der Waals surface area contributed by atoms with Gasteiger partial charge >= 0.3 is 6.16 Å². The average molecular weight is 474 g/mol. The van der Waals surface area contributed by atoms with E-state index in [1.165, 1.54) is 39.5 Å². The molecular formula is C23H26N2O9. The zero-order chi connectivity index (χ0) is 24.6. The molecule has 4 atom stereocenters. The van der Waals surface area contributed by atoms with Crippen LogP contribution in [-0.4, -0.2) is 61.7 Å². The van der Waals surface area contributed by atoms with Crippen molar-refractivity contribution in [2.75, 3.05) is 26.2 Å². The van der Waals surface area contributed by atoms with Gasteiger partial charge in [-0.3, -0.25) is 10.1 Å². The second-order valence-electron chi connectivity index (χ2n) is 8.22. The molecule has 34 heavy (non-hydrogen) atoms. The van der Waals surface area contributed by atoms with Crippen molar-refractivity contribution in [1.82, 2.24) is 0 Å². The number of non-ortho nitro benzene ring substituents is 1. The van der Waals surface area contributed by atoms with E-state index >= 15 is 0 Å². The second kappa shape index (κ2) is 9.09. The fraction of sp³-hybridized carbons (Fsp3) is 0.435. The van der Waals surface area contributed by atoms with E-state index in [0.717, 1.165) is 5.56 Å². The van der Waals surface area contributed by atoms with Gasteiger partial charge < -0.3 is 33.7 Å². The van der Waals surface area contributed by atoms with Gasteiger partial charge in [-0.2, -0.15) is 0 Å². The van der Waals surface area contributed by atoms with Crippen LogP contribution in [0.5, 0.6) is 5.75 Å². The molecule has 2 aromatic carbocycles. The van der Waals surface area contributed by atoms with Crippen molar-refractivity contribution < 1.29 is 38.5 Å². The molecule has 0 radical (unpaired) electrons. The van der Waals surface area contributed by atoms with E-state index in [1.54, 1.807) is 11.8 Å². The van der Waals surface area contributed by atoms with Gasteiger partial charge in [0.25, 0.3) is 5.69 Å². The van der Waals surface area contributed by atoms with E-state index in [4.69, 9.17) is 23.7 Å². The largest absolute Gasteiger partial charge is 0.509 e. The number of aliphatic hydroxyl groups excluding tert-OH is 1. The fourth-order valence-electron chi connectivity index (χ4n) is 4.77. The highest BCUT2D eigenvalue weighted by Gasteiger charge is 2.56. The molecule has 11 heteroatoms. The molecule has 0 saturated heterocycles. The Morgan fingerprint density at radius 2 is 1.94 bits per heavy atom. The van der Waals surface area contributed by atoms with Gasteiger partial charge in [0.05, 0.1) is 18.1 Å². The number of rotatable bonds is 6. The van der Waals surface area contributed by atoms with E-state index in [0.29, 0.717) is 23.4 Å². The van der Waals surface area contributed by atoms with Crippen molar-refractivity contribution in [2.24, 2.45) is 0 Å². The lowest BCUT2D eigenvalue weighted by molar-refractivity contribution is -0.385. The molecule has 2 aliphatic rings. The number of para-hydroxylation sites is 1. The van der Waals surface area contributed by atoms with Crippen LogP contribution < -0.4 is 9.64 Å². The van der Waals surface area contributed by atoms with Crippen molar-refractivity contribution in [3.63, 3.8) is 0 Å². The van der Waals surface area contributed by atoms with E-state index in [9.17, 15) is 20.0 Å². The van der Waals surface area contributed by atoms with E-state index in [2.05, 4.69) is 0 Å². The number of fused-ring (bicyclic) bond motifs is 2. The molecule has 2 aliphatic heterocycles. The second-order valence-corrected chi connectivity index (χ2v) is 8.22. The number of ether oxygens (including phenoxy) is 5. The number of carbonyl (C=O) groups is 1. The molecule has 11 nitrogen and oxygen atoms in total. The molecule has 0 bridgehead atoms. The zero-order valence-electron chi connectivity index (χ0n) is 19.2. The van der Waals surface area contributed by atoms with Crippen LogP contribution in [-0.2, 0) is 25.4 Å². The van der Waals surface area contributed by atoms with Gasteiger partial charge in [-0.05, 0) is 24.6 Å². The molecule has 182 valence electrons. The quantitative estimate of drug-likeness (QED) is 0.289. The van der Waals surface area contributed by atoms with Crippen LogP contribution in [0.4, 0.5) is 16.2 Å². The Morgan fingerprint density at radius 1 is 1.24 bits per heavy atom. The Balaban J connectivity index is 1.91. The fourth-order valence-corrected chi connectivity index (χ4v) is 4.77. The maximum absolute atomic E-state index is 12.1. The number of carbonyl (C=O) groups excluding carboxylic acids is 1. The molecule has 0 unspecified atom stereocenters. The summed E-state index contributed by atoms with van der Waals surface area (Å²) in [5, 5.41) is 23.3. The number of hydrogen-bond donors (Lipinski definition) is 1. The third-order valence-corrected chi connectivity index (χ3v) is 6.31. The van der Waals surface area contributed by atoms with Crippen molar-refractivity contribution >= 4 is 17.5 Å². The summed E-state index contributed by atoms with van der Waals surface area (Å²) in [5.74, 6) is 0.309. The van der Waals surface area contributed by atoms with Gasteiger partial charge in [0, 0.05) is 44.0 Å². The van der Waals surface area contributed by atoms with E-state index in [-0.39, 0.29) is 5.69 Å². The van der Waals surface area contributed by atoms with Crippen LogP contribution in [0.15, 0.2) is 42.5 Å². The molecule has 0 aliphatic carbocycles. The maximum Gasteiger partial charge on any atom is 0.509 e. The third-order valence-electron chi connectivity index (χ3n) is 6.31. The van der Waals surface area contributed by atoms with Gasteiger partial charge in [-0.1, -0.05) is 18.2 Å². The highest BCUT2D eigenvalue weighted by atomic mass is 16.7. The number of benzene rings is 2. The number of anilines is 1. The first kappa shape index (κ1) is 23.7. The maximum atomic E-state index is 12.1. The lowest BCUT2D eigenvalue weighted by atomic mass is 9.83. The first-order valence-electron chi connectivity index (χ1n) is 10.6. The number of nitrogens with zero attached hydrogens (tertiary/aromatic N) is 2. The van der Waals surface area contributed by atoms with Crippen LogP contribution >= 0.6 is 0 Å². The van der Waals surface area contributed by atoms with Crippen LogP contribution in [0.25, 0.3) is 0 Å². The van der Waals surface area contributed by atoms with Crippen molar-refractivity contribution in [3.05, 3.63) is 63.7 Å². The minimum atomic E-state index is -1.41. The monoisotopic (exact) mass is 474 g/mol. The molecule has 0 amide bonds. The summed E-state index contributed by atoms with van der Waals surface area (Å²) in [4.78, 5) is 24.8. The summed E-state index contributed by atoms with van der Waals surface area (Å²) in [6, 6.07) is 10.6. The predicted molar refractivity (Wildman–Crippen MR) is 119 cm³/mol. The van der Waals surface area contributed by atoms with Crippen molar-refractivity contribution in [1.29, 1.82) is 0 Å². The lowest BCUT2D eigenvalue weighted by Crippen LogP contribution is -2.63. The predicted octanol–water partition coefficient (Wildman–Crippen LogP) is 2.94. The SMILES string of the molecule is COC(=O)O[C@H]1Cc2ccccc2N1[C@@H]1c2cc([N+](=O)[O-])ccc2O[C@](C)(C(OC)OC)[C@H]1O. The normalized spacial score (nSPS) is 25.4. The Hall–Kier alpha value is -3.41. The Bertz CT molecular complexity index is 1090. The number of nitro benzene ring substituents is 1. The lowest BCUT2D eigenvalue weighted by Gasteiger charge is -2.50. The molecule has 0 fully saturated rings. The molecule has 0 aromatic heterocycles. The topological polar surface area (TPSA) is 130 Å². The molecule has 0 saturated carbocycles. The highest BCUT2D eigenvalue weighted by Crippen LogP contribution is 2.50. The summed E-state index contributed by atoms with van der Waals surface area (Å²) in [6.07, 6.45) is -3.71. The molecule has 2 heterocycles. The minimum Gasteiger partial charge on any atom is -0.479 e. The summed E-state index contributed by atoms with van der Waals surface area (Å²) in [5.41, 5.74) is 0.355. The van der Waals surface area contributed by atoms with Crippen LogP contribution in [0, 0.1) is 10.1 Å². The van der Waals surface area contributed by atoms with Gasteiger partial charge in [-0.25, -0.2) is 4.79 Å². The van der Waals surface area contributed by atoms with Crippen LogP contribution in [0.1, 0.15) is 24.1 Å². The van der Waals surface area contributed by atoms with Crippen molar-refractivity contribution in [3.8, 4) is 5.75 Å². The highest BCUT2D eigenvalue weighted by molar-refractivity contribution is 5.66. The molecular weight excluding hydrogens is 448 g/mol. The first-order valence-corrected chi connectivity index (χ1v) is 10.6. The smallest absolute Gasteiger partial charge is 0.479 e. The number of hydrogen-bond acceptors (Lipinski definition) is 10. The van der Waals surface area contributed by atoms with Crippen LogP contribution in [0.3, 0.4) is 0 Å². The summed E-state index contributed by atoms with van der Waals surface area (Å²) in [6.45, 7) is 1.63. The summed E-state index contributed by atoms with van der Waals surface area (Å²) in [7, 11) is 4.05. The number of methoxy groups -OCH3 is 3. The van der Waals surface area contributed by atoms with E-state index in [1.807, 2.05) is 24.3 Å². The number of nitro groups is 1. The Kier molecular flexibility index (Phi) is 6.34. The van der Waals surface area contributed by atoms with Crippen molar-refractivity contribution in [2.45, 2.75) is 43.6 Å².